The topological polar surface area (TPSA) is 24.5 Å². The van der Waals surface area contributed by atoms with Crippen LogP contribution in [0.1, 0.15) is 25.0 Å². The third kappa shape index (κ3) is 6.46. The van der Waals surface area contributed by atoms with E-state index < -0.39 is 0 Å². The van der Waals surface area contributed by atoms with Gasteiger partial charge < -0.3 is 10.1 Å². The normalized spacial score (nSPS) is 11.0. The van der Waals surface area contributed by atoms with E-state index >= 15 is 0 Å². The van der Waals surface area contributed by atoms with Crippen molar-refractivity contribution >= 4 is 0 Å². The molecule has 1 rings (SSSR count). The van der Waals surface area contributed by atoms with Gasteiger partial charge in [-0.1, -0.05) is 38.1 Å². The monoisotopic (exact) mass is 302 g/mol. The van der Waals surface area contributed by atoms with E-state index in [0.717, 1.165) is 38.5 Å². The molecule has 0 aliphatic carbocycles. The Labute approximate surface area is 135 Å². The Kier molecular flexibility index (Phi) is 8.56. The van der Waals surface area contributed by atoms with E-state index in [2.05, 4.69) is 55.4 Å². The van der Waals surface area contributed by atoms with Crippen LogP contribution in [0.15, 0.2) is 43.5 Å². The van der Waals surface area contributed by atoms with E-state index in [-0.39, 0.29) is 0 Å². The minimum absolute atomic E-state index is 0.650. The highest BCUT2D eigenvalue weighted by molar-refractivity contribution is 5.37. The highest BCUT2D eigenvalue weighted by atomic mass is 16.5. The van der Waals surface area contributed by atoms with Crippen molar-refractivity contribution in [2.45, 2.75) is 26.9 Å². The van der Waals surface area contributed by atoms with Crippen LogP contribution < -0.4 is 10.1 Å². The Hall–Kier alpha value is -1.58. The molecule has 0 aromatic heterocycles. The maximum atomic E-state index is 5.55. The summed E-state index contributed by atoms with van der Waals surface area (Å²) in [6.07, 6.45) is 3.84. The lowest BCUT2D eigenvalue weighted by molar-refractivity contribution is 0.326. The fraction of sp³-hybridized carbons (Fsp3) is 0.474. The molecule has 0 atom stereocenters. The molecule has 0 heterocycles. The molecule has 1 N–H and O–H groups in total. The van der Waals surface area contributed by atoms with Crippen LogP contribution in [0.4, 0.5) is 0 Å². The predicted octanol–water partition coefficient (Wildman–Crippen LogP) is 3.61. The van der Waals surface area contributed by atoms with E-state index in [4.69, 9.17) is 4.74 Å². The first-order valence-corrected chi connectivity index (χ1v) is 7.91. The lowest BCUT2D eigenvalue weighted by atomic mass is 10.1. The highest BCUT2D eigenvalue weighted by Gasteiger charge is 2.07. The molecule has 1 aromatic carbocycles. The van der Waals surface area contributed by atoms with Crippen LogP contribution in [0.25, 0.3) is 0 Å². The summed E-state index contributed by atoms with van der Waals surface area (Å²) in [4.78, 5) is 2.28. The standard InChI is InChI=1S/C19H30N2O/c1-6-10-21(11-7-2)15-17-8-9-18(19(12-17)22-5)14-20-13-16(3)4/h6-9,12,16,20H,1-2,10-11,13-15H2,3-5H3. The van der Waals surface area contributed by atoms with Crippen LogP contribution in [0.5, 0.6) is 5.75 Å². The summed E-state index contributed by atoms with van der Waals surface area (Å²) in [6, 6.07) is 6.46. The number of methoxy groups -OCH3 is 1. The third-order valence-corrected chi connectivity index (χ3v) is 3.40. The van der Waals surface area contributed by atoms with Gasteiger partial charge in [-0.25, -0.2) is 0 Å². The van der Waals surface area contributed by atoms with Gasteiger partial charge in [-0.05, 0) is 24.1 Å². The smallest absolute Gasteiger partial charge is 0.123 e. The second-order valence-electron chi connectivity index (χ2n) is 5.94. The van der Waals surface area contributed by atoms with Crippen molar-refractivity contribution in [3.63, 3.8) is 0 Å². The first-order valence-electron chi connectivity index (χ1n) is 7.91. The molecule has 3 heteroatoms. The minimum atomic E-state index is 0.650. The molecule has 0 bridgehead atoms. The summed E-state index contributed by atoms with van der Waals surface area (Å²) in [6.45, 7) is 16.5. The van der Waals surface area contributed by atoms with E-state index in [1.807, 2.05) is 12.2 Å². The largest absolute Gasteiger partial charge is 0.496 e. The van der Waals surface area contributed by atoms with Crippen molar-refractivity contribution in [2.24, 2.45) is 5.92 Å². The number of hydrogen-bond acceptors (Lipinski definition) is 3. The number of benzene rings is 1. The Balaban J connectivity index is 2.73. The molecule has 0 fully saturated rings. The summed E-state index contributed by atoms with van der Waals surface area (Å²) < 4.78 is 5.55. The molecule has 0 saturated heterocycles. The summed E-state index contributed by atoms with van der Waals surface area (Å²) in [5.74, 6) is 1.60. The van der Waals surface area contributed by atoms with E-state index in [1.54, 1.807) is 7.11 Å². The van der Waals surface area contributed by atoms with Gasteiger partial charge in [0.2, 0.25) is 0 Å². The van der Waals surface area contributed by atoms with Gasteiger partial charge in [-0.3, -0.25) is 4.90 Å². The van der Waals surface area contributed by atoms with Gasteiger partial charge in [0.1, 0.15) is 5.75 Å². The van der Waals surface area contributed by atoms with E-state index in [0.29, 0.717) is 5.92 Å². The molecule has 22 heavy (non-hydrogen) atoms. The zero-order valence-corrected chi connectivity index (χ0v) is 14.3. The summed E-state index contributed by atoms with van der Waals surface area (Å²) in [5.41, 5.74) is 2.44. The Morgan fingerprint density at radius 1 is 1.23 bits per heavy atom. The number of ether oxygens (including phenoxy) is 1. The lowest BCUT2D eigenvalue weighted by Gasteiger charge is -2.20. The average Bonchev–Trinajstić information content (AvgIpc) is 2.48. The molecular weight excluding hydrogens is 272 g/mol. The maximum Gasteiger partial charge on any atom is 0.123 e. The zero-order valence-electron chi connectivity index (χ0n) is 14.3. The first-order chi connectivity index (χ1) is 10.6. The van der Waals surface area contributed by atoms with Crippen molar-refractivity contribution in [3.8, 4) is 5.75 Å². The van der Waals surface area contributed by atoms with E-state index in [1.165, 1.54) is 11.1 Å². The summed E-state index contributed by atoms with van der Waals surface area (Å²) in [5, 5.41) is 3.46. The second-order valence-corrected chi connectivity index (χ2v) is 5.94. The van der Waals surface area contributed by atoms with Gasteiger partial charge in [0, 0.05) is 31.7 Å². The molecule has 0 unspecified atom stereocenters. The number of nitrogens with one attached hydrogen (secondary N) is 1. The van der Waals surface area contributed by atoms with Crippen molar-refractivity contribution in [1.29, 1.82) is 0 Å². The van der Waals surface area contributed by atoms with Gasteiger partial charge >= 0.3 is 0 Å². The molecular formula is C19H30N2O. The van der Waals surface area contributed by atoms with Crippen LogP contribution in [0.3, 0.4) is 0 Å². The van der Waals surface area contributed by atoms with E-state index in [9.17, 15) is 0 Å². The molecule has 0 aliphatic heterocycles. The zero-order chi connectivity index (χ0) is 16.4. The minimum Gasteiger partial charge on any atom is -0.496 e. The van der Waals surface area contributed by atoms with Crippen molar-refractivity contribution in [3.05, 3.63) is 54.6 Å². The molecule has 1 aromatic rings. The SMILES string of the molecule is C=CCN(CC=C)Cc1ccc(CNCC(C)C)c(OC)c1. The van der Waals surface area contributed by atoms with Crippen molar-refractivity contribution in [2.75, 3.05) is 26.7 Å². The fourth-order valence-corrected chi connectivity index (χ4v) is 2.36. The molecule has 0 amide bonds. The molecule has 0 spiro atoms. The van der Waals surface area contributed by atoms with Crippen molar-refractivity contribution < 1.29 is 4.74 Å². The van der Waals surface area contributed by atoms with Gasteiger partial charge in [0.05, 0.1) is 7.11 Å². The number of rotatable bonds is 11. The Bertz CT molecular complexity index is 459. The lowest BCUT2D eigenvalue weighted by Crippen LogP contribution is -2.23. The summed E-state index contributed by atoms with van der Waals surface area (Å²) >= 11 is 0. The maximum absolute atomic E-state index is 5.55. The number of nitrogens with zero attached hydrogens (tertiary/aromatic N) is 1. The van der Waals surface area contributed by atoms with Crippen molar-refractivity contribution in [1.82, 2.24) is 10.2 Å². The van der Waals surface area contributed by atoms with Crippen LogP contribution in [0, 0.1) is 5.92 Å². The number of hydrogen-bond donors (Lipinski definition) is 1. The highest BCUT2D eigenvalue weighted by Crippen LogP contribution is 2.21. The fourth-order valence-electron chi connectivity index (χ4n) is 2.36. The molecule has 0 radical (unpaired) electrons. The van der Waals surface area contributed by atoms with Gasteiger partial charge in [-0.15, -0.1) is 13.2 Å². The summed E-state index contributed by atoms with van der Waals surface area (Å²) in [7, 11) is 1.73. The molecule has 3 nitrogen and oxygen atoms in total. The molecule has 0 aliphatic rings. The average molecular weight is 302 g/mol. The molecule has 0 saturated carbocycles. The Morgan fingerprint density at radius 2 is 1.91 bits per heavy atom. The first kappa shape index (κ1) is 18.5. The second kappa shape index (κ2) is 10.2. The van der Waals surface area contributed by atoms with Gasteiger partial charge in [0.15, 0.2) is 0 Å². The third-order valence-electron chi connectivity index (χ3n) is 3.40. The van der Waals surface area contributed by atoms with Gasteiger partial charge in [-0.2, -0.15) is 0 Å². The molecule has 122 valence electrons. The quantitative estimate of drug-likeness (QED) is 0.632. The van der Waals surface area contributed by atoms with Crippen LogP contribution in [-0.2, 0) is 13.1 Å². The Morgan fingerprint density at radius 3 is 2.45 bits per heavy atom. The predicted molar refractivity (Wildman–Crippen MR) is 95.2 cm³/mol. The van der Waals surface area contributed by atoms with Crippen LogP contribution in [-0.4, -0.2) is 31.6 Å². The van der Waals surface area contributed by atoms with Crippen LogP contribution >= 0.6 is 0 Å². The van der Waals surface area contributed by atoms with Gasteiger partial charge in [0.25, 0.3) is 0 Å². The van der Waals surface area contributed by atoms with Crippen LogP contribution in [0.2, 0.25) is 0 Å².